The smallest absolute Gasteiger partial charge is 0.161 e. The summed E-state index contributed by atoms with van der Waals surface area (Å²) in [7, 11) is 1.48. The predicted octanol–water partition coefficient (Wildman–Crippen LogP) is 4.31. The van der Waals surface area contributed by atoms with E-state index in [1.165, 1.54) is 7.11 Å². The summed E-state index contributed by atoms with van der Waals surface area (Å²) in [4.78, 5) is 12.3. The van der Waals surface area contributed by atoms with E-state index < -0.39 is 6.10 Å². The quantitative estimate of drug-likeness (QED) is 0.493. The number of phenolic OH excluding ortho intramolecular Hbond substituents is 2. The average Bonchev–Trinajstić information content (AvgIpc) is 3.27. The van der Waals surface area contributed by atoms with Crippen LogP contribution in [0.3, 0.4) is 0 Å². The first-order valence-electron chi connectivity index (χ1n) is 11.0. The number of aliphatic hydroxyl groups is 1. The molecule has 1 aliphatic carbocycles. The van der Waals surface area contributed by atoms with Crippen molar-refractivity contribution in [3.63, 3.8) is 0 Å². The van der Waals surface area contributed by atoms with Crippen molar-refractivity contribution in [2.45, 2.75) is 70.0 Å². The van der Waals surface area contributed by atoms with Gasteiger partial charge in [-0.15, -0.1) is 0 Å². The zero-order valence-electron chi connectivity index (χ0n) is 18.0. The minimum atomic E-state index is -0.713. The molecule has 0 aliphatic heterocycles. The summed E-state index contributed by atoms with van der Waals surface area (Å²) in [5.74, 6) is 1.08. The van der Waals surface area contributed by atoms with Gasteiger partial charge in [0, 0.05) is 12.8 Å². The van der Waals surface area contributed by atoms with Gasteiger partial charge in [0.1, 0.15) is 5.78 Å². The van der Waals surface area contributed by atoms with E-state index in [9.17, 15) is 20.1 Å². The molecule has 1 saturated carbocycles. The molecule has 168 valence electrons. The van der Waals surface area contributed by atoms with Crippen LogP contribution in [0, 0.1) is 0 Å². The van der Waals surface area contributed by atoms with Crippen LogP contribution < -0.4 is 9.47 Å². The number of carbonyl (C=O) groups excluding carboxylic acids is 1. The number of methoxy groups -OCH3 is 1. The number of ketones is 1. The molecule has 6 heteroatoms. The molecule has 2 aromatic carbocycles. The molecule has 3 rings (SSSR count). The highest BCUT2D eigenvalue weighted by atomic mass is 16.5. The van der Waals surface area contributed by atoms with Crippen molar-refractivity contribution in [3.8, 4) is 23.0 Å². The van der Waals surface area contributed by atoms with Crippen LogP contribution in [0.5, 0.6) is 23.0 Å². The van der Waals surface area contributed by atoms with E-state index in [2.05, 4.69) is 0 Å². The summed E-state index contributed by atoms with van der Waals surface area (Å²) >= 11 is 0. The highest BCUT2D eigenvalue weighted by molar-refractivity contribution is 5.79. The Morgan fingerprint density at radius 3 is 2.29 bits per heavy atom. The fourth-order valence-corrected chi connectivity index (χ4v) is 3.96. The van der Waals surface area contributed by atoms with Crippen molar-refractivity contribution in [1.82, 2.24) is 0 Å². The van der Waals surface area contributed by atoms with Crippen molar-refractivity contribution in [2.24, 2.45) is 0 Å². The number of aryl methyl sites for hydroxylation is 2. The lowest BCUT2D eigenvalue weighted by atomic mass is 10.00. The topological polar surface area (TPSA) is 96.2 Å². The molecule has 3 N–H and O–H groups in total. The summed E-state index contributed by atoms with van der Waals surface area (Å²) < 4.78 is 11.0. The molecule has 0 bridgehead atoms. The number of hydrogen-bond donors (Lipinski definition) is 3. The number of hydrogen-bond acceptors (Lipinski definition) is 6. The van der Waals surface area contributed by atoms with Crippen LogP contribution in [0.4, 0.5) is 0 Å². The number of Topliss-reactive ketones (excluding diaryl/α,β-unsaturated/α-hetero) is 1. The Hall–Kier alpha value is -2.73. The van der Waals surface area contributed by atoms with Gasteiger partial charge in [0.05, 0.1) is 19.3 Å². The van der Waals surface area contributed by atoms with Gasteiger partial charge >= 0.3 is 0 Å². The summed E-state index contributed by atoms with van der Waals surface area (Å²) in [6, 6.07) is 10.3. The van der Waals surface area contributed by atoms with Gasteiger partial charge in [0.2, 0.25) is 0 Å². The Bertz CT molecular complexity index is 872. The molecule has 1 atom stereocenters. The van der Waals surface area contributed by atoms with Crippen LogP contribution >= 0.6 is 0 Å². The summed E-state index contributed by atoms with van der Waals surface area (Å²) in [6.07, 6.45) is 5.83. The summed E-state index contributed by atoms with van der Waals surface area (Å²) in [5.41, 5.74) is 1.87. The van der Waals surface area contributed by atoms with Crippen LogP contribution in [0.15, 0.2) is 36.4 Å². The summed E-state index contributed by atoms with van der Waals surface area (Å²) in [6.45, 7) is 0. The van der Waals surface area contributed by atoms with Gasteiger partial charge in [-0.2, -0.15) is 0 Å². The first-order valence-corrected chi connectivity index (χ1v) is 11.0. The lowest BCUT2D eigenvalue weighted by molar-refractivity contribution is -0.121. The molecule has 1 aliphatic rings. The summed E-state index contributed by atoms with van der Waals surface area (Å²) in [5, 5.41) is 30.0. The van der Waals surface area contributed by atoms with Crippen LogP contribution in [0.2, 0.25) is 0 Å². The molecule has 6 nitrogen and oxygen atoms in total. The molecular formula is C25H32O6. The van der Waals surface area contributed by atoms with Gasteiger partial charge in [-0.3, -0.25) is 4.79 Å². The number of aromatic hydroxyl groups is 2. The highest BCUT2D eigenvalue weighted by Gasteiger charge is 2.18. The number of carbonyl (C=O) groups is 1. The molecular weight excluding hydrogens is 396 g/mol. The number of aliphatic hydroxyl groups excluding tert-OH is 1. The van der Waals surface area contributed by atoms with Gasteiger partial charge in [0.25, 0.3) is 0 Å². The molecule has 0 amide bonds. The number of phenols is 2. The maximum Gasteiger partial charge on any atom is 0.161 e. The van der Waals surface area contributed by atoms with Crippen LogP contribution in [-0.2, 0) is 17.6 Å². The van der Waals surface area contributed by atoms with Crippen molar-refractivity contribution in [2.75, 3.05) is 7.11 Å². The molecule has 0 unspecified atom stereocenters. The molecule has 0 saturated heterocycles. The third-order valence-electron chi connectivity index (χ3n) is 5.79. The Balaban J connectivity index is 1.44. The van der Waals surface area contributed by atoms with Gasteiger partial charge in [-0.1, -0.05) is 12.1 Å². The first kappa shape index (κ1) is 22.9. The van der Waals surface area contributed by atoms with E-state index >= 15 is 0 Å². The Kier molecular flexibility index (Phi) is 8.18. The zero-order chi connectivity index (χ0) is 22.2. The van der Waals surface area contributed by atoms with Crippen LogP contribution in [0.25, 0.3) is 0 Å². The molecule has 1 fully saturated rings. The van der Waals surface area contributed by atoms with E-state index in [-0.39, 0.29) is 29.8 Å². The van der Waals surface area contributed by atoms with E-state index in [1.807, 2.05) is 12.1 Å². The third-order valence-corrected chi connectivity index (χ3v) is 5.79. The second-order valence-corrected chi connectivity index (χ2v) is 8.27. The van der Waals surface area contributed by atoms with E-state index in [4.69, 9.17) is 9.47 Å². The maximum absolute atomic E-state index is 12.3. The van der Waals surface area contributed by atoms with E-state index in [1.54, 1.807) is 24.3 Å². The minimum absolute atomic E-state index is 0.00416. The standard InChI is InChI=1S/C25H32O6/c1-30-24-14-17(8-12-22(24)28)6-10-19(26)16-20(27)11-7-18-9-13-23(29)25(15-18)31-21-4-2-3-5-21/h8-9,12-15,20-21,27-29H,2-7,10-11,16H2,1H3/t20-/m0/s1. The largest absolute Gasteiger partial charge is 0.504 e. The lowest BCUT2D eigenvalue weighted by Crippen LogP contribution is -2.15. The Labute approximate surface area is 183 Å². The monoisotopic (exact) mass is 428 g/mol. The fourth-order valence-electron chi connectivity index (χ4n) is 3.96. The number of benzene rings is 2. The third kappa shape index (κ3) is 6.89. The second-order valence-electron chi connectivity index (χ2n) is 8.27. The van der Waals surface area contributed by atoms with Gasteiger partial charge < -0.3 is 24.8 Å². The second kappa shape index (κ2) is 11.0. The van der Waals surface area contributed by atoms with Crippen LogP contribution in [-0.4, -0.2) is 40.4 Å². The van der Waals surface area contributed by atoms with Crippen molar-refractivity contribution in [1.29, 1.82) is 0 Å². The van der Waals surface area contributed by atoms with Gasteiger partial charge in [-0.25, -0.2) is 0 Å². The first-order chi connectivity index (χ1) is 14.9. The normalized spacial score (nSPS) is 15.0. The van der Waals surface area contributed by atoms with Crippen molar-refractivity contribution >= 4 is 5.78 Å². The maximum atomic E-state index is 12.3. The molecule has 0 spiro atoms. The number of ether oxygens (including phenoxy) is 2. The molecule has 31 heavy (non-hydrogen) atoms. The van der Waals surface area contributed by atoms with Crippen LogP contribution in [0.1, 0.15) is 56.1 Å². The zero-order valence-corrected chi connectivity index (χ0v) is 18.0. The SMILES string of the molecule is COc1cc(CCC(=O)C[C@@H](O)CCc2ccc(O)c(OC3CCCC3)c2)ccc1O. The molecule has 0 heterocycles. The Morgan fingerprint density at radius 2 is 1.61 bits per heavy atom. The number of rotatable bonds is 11. The van der Waals surface area contributed by atoms with Crippen molar-refractivity contribution in [3.05, 3.63) is 47.5 Å². The molecule has 0 aromatic heterocycles. The van der Waals surface area contributed by atoms with E-state index in [0.29, 0.717) is 37.2 Å². The van der Waals surface area contributed by atoms with Crippen molar-refractivity contribution < 1.29 is 29.6 Å². The minimum Gasteiger partial charge on any atom is -0.504 e. The van der Waals surface area contributed by atoms with E-state index in [0.717, 1.165) is 36.8 Å². The highest BCUT2D eigenvalue weighted by Crippen LogP contribution is 2.32. The molecule has 0 radical (unpaired) electrons. The Morgan fingerprint density at radius 1 is 1.00 bits per heavy atom. The average molecular weight is 429 g/mol. The predicted molar refractivity (Wildman–Crippen MR) is 118 cm³/mol. The van der Waals surface area contributed by atoms with Gasteiger partial charge in [0.15, 0.2) is 23.0 Å². The van der Waals surface area contributed by atoms with Gasteiger partial charge in [-0.05, 0) is 80.3 Å². The molecule has 2 aromatic rings. The lowest BCUT2D eigenvalue weighted by Gasteiger charge is -2.16. The fraction of sp³-hybridized carbons (Fsp3) is 0.480.